The molecule has 0 spiro atoms. The van der Waals surface area contributed by atoms with Gasteiger partial charge in [-0.3, -0.25) is 4.79 Å². The van der Waals surface area contributed by atoms with Crippen molar-refractivity contribution in [2.75, 3.05) is 5.75 Å². The average Bonchev–Trinajstić information content (AvgIpc) is 3.13. The van der Waals surface area contributed by atoms with Crippen LogP contribution in [0.4, 0.5) is 0 Å². The summed E-state index contributed by atoms with van der Waals surface area (Å²) in [5.41, 5.74) is 4.43. The normalized spacial score (nSPS) is 11.4. The summed E-state index contributed by atoms with van der Waals surface area (Å²) in [5, 5.41) is 1.73. The molecule has 0 saturated heterocycles. The zero-order chi connectivity index (χ0) is 16.7. The first-order valence-electron chi connectivity index (χ1n) is 7.66. The zero-order valence-corrected chi connectivity index (χ0v) is 14.2. The third-order valence-electron chi connectivity index (χ3n) is 4.25. The van der Waals surface area contributed by atoms with E-state index in [0.29, 0.717) is 11.4 Å². The van der Waals surface area contributed by atoms with Gasteiger partial charge in [-0.05, 0) is 25.1 Å². The smallest absolute Gasteiger partial charge is 0.178 e. The molecule has 0 bridgehead atoms. The molecule has 0 saturated carbocycles. The second kappa shape index (κ2) is 5.79. The third kappa shape index (κ3) is 2.39. The number of rotatable bonds is 4. The Bertz CT molecular complexity index is 1030. The number of H-pyrrole nitrogens is 1. The number of carbonyl (C=O) groups excluding carboxylic acids is 1. The Morgan fingerprint density at radius 2 is 2.08 bits per heavy atom. The SMILES string of the molecule is Cc1c(C(=O)CSc2nc3ncccc3[nH]2)c2ccccc2n1C. The summed E-state index contributed by atoms with van der Waals surface area (Å²) in [5.74, 6) is 0.456. The highest BCUT2D eigenvalue weighted by atomic mass is 32.2. The first-order valence-corrected chi connectivity index (χ1v) is 8.64. The Kier molecular flexibility index (Phi) is 3.61. The molecule has 4 aromatic rings. The molecule has 1 N–H and O–H groups in total. The van der Waals surface area contributed by atoms with E-state index in [4.69, 9.17) is 0 Å². The van der Waals surface area contributed by atoms with Gasteiger partial charge in [-0.2, -0.15) is 0 Å². The number of thioether (sulfide) groups is 1. The van der Waals surface area contributed by atoms with E-state index in [2.05, 4.69) is 19.5 Å². The number of pyridine rings is 1. The highest BCUT2D eigenvalue weighted by molar-refractivity contribution is 7.99. The molecule has 5 nitrogen and oxygen atoms in total. The number of imidazole rings is 1. The first kappa shape index (κ1) is 15.0. The minimum atomic E-state index is 0.114. The number of carbonyl (C=O) groups is 1. The summed E-state index contributed by atoms with van der Waals surface area (Å²) >= 11 is 1.41. The van der Waals surface area contributed by atoms with Crippen LogP contribution in [-0.2, 0) is 7.05 Å². The van der Waals surface area contributed by atoms with Crippen molar-refractivity contribution >= 4 is 39.6 Å². The molecule has 0 aliphatic rings. The van der Waals surface area contributed by atoms with Crippen LogP contribution in [0.25, 0.3) is 22.1 Å². The van der Waals surface area contributed by atoms with E-state index < -0.39 is 0 Å². The second-order valence-corrected chi connectivity index (χ2v) is 6.63. The maximum atomic E-state index is 12.8. The lowest BCUT2D eigenvalue weighted by molar-refractivity contribution is 0.102. The number of para-hydroxylation sites is 1. The van der Waals surface area contributed by atoms with Gasteiger partial charge in [0.15, 0.2) is 16.6 Å². The van der Waals surface area contributed by atoms with Crippen molar-refractivity contribution in [1.82, 2.24) is 19.5 Å². The summed E-state index contributed by atoms with van der Waals surface area (Å²) in [7, 11) is 1.99. The Labute approximate surface area is 143 Å². The van der Waals surface area contributed by atoms with Gasteiger partial charge >= 0.3 is 0 Å². The predicted octanol–water partition coefficient (Wildman–Crippen LogP) is 3.73. The van der Waals surface area contributed by atoms with Crippen LogP contribution in [0.5, 0.6) is 0 Å². The maximum absolute atomic E-state index is 12.8. The molecule has 3 aromatic heterocycles. The summed E-state index contributed by atoms with van der Waals surface area (Å²) in [6.07, 6.45) is 1.71. The van der Waals surface area contributed by atoms with E-state index in [9.17, 15) is 4.79 Å². The predicted molar refractivity (Wildman–Crippen MR) is 96.6 cm³/mol. The molecule has 4 rings (SSSR count). The van der Waals surface area contributed by atoms with E-state index in [1.807, 2.05) is 50.4 Å². The maximum Gasteiger partial charge on any atom is 0.178 e. The summed E-state index contributed by atoms with van der Waals surface area (Å²) in [6.45, 7) is 1.99. The number of nitrogens with zero attached hydrogens (tertiary/aromatic N) is 3. The number of aromatic amines is 1. The number of Topliss-reactive ketones (excluding diaryl/α,β-unsaturated/α-hetero) is 1. The van der Waals surface area contributed by atoms with E-state index in [-0.39, 0.29) is 5.78 Å². The van der Waals surface area contributed by atoms with Crippen molar-refractivity contribution in [2.45, 2.75) is 12.1 Å². The number of aryl methyl sites for hydroxylation is 1. The molecule has 0 radical (unpaired) electrons. The van der Waals surface area contributed by atoms with Gasteiger partial charge in [0.2, 0.25) is 0 Å². The van der Waals surface area contributed by atoms with Crippen molar-refractivity contribution in [3.8, 4) is 0 Å². The highest BCUT2D eigenvalue weighted by Crippen LogP contribution is 2.27. The van der Waals surface area contributed by atoms with Gasteiger partial charge in [0.1, 0.15) is 0 Å². The van der Waals surface area contributed by atoms with Gasteiger partial charge in [-0.15, -0.1) is 0 Å². The van der Waals surface area contributed by atoms with E-state index in [1.54, 1.807) is 6.20 Å². The molecule has 24 heavy (non-hydrogen) atoms. The molecule has 0 aliphatic carbocycles. The van der Waals surface area contributed by atoms with Crippen molar-refractivity contribution in [2.24, 2.45) is 7.05 Å². The van der Waals surface area contributed by atoms with Gasteiger partial charge in [0.05, 0.1) is 11.3 Å². The van der Waals surface area contributed by atoms with Crippen LogP contribution in [0, 0.1) is 6.92 Å². The largest absolute Gasteiger partial charge is 0.347 e. The number of aromatic nitrogens is 4. The molecular formula is C18H16N4OS. The number of nitrogens with one attached hydrogen (secondary N) is 1. The van der Waals surface area contributed by atoms with Crippen LogP contribution in [0.1, 0.15) is 16.1 Å². The van der Waals surface area contributed by atoms with Gasteiger partial charge in [-0.1, -0.05) is 30.0 Å². The number of benzene rings is 1. The lowest BCUT2D eigenvalue weighted by Crippen LogP contribution is -2.05. The number of ketones is 1. The minimum Gasteiger partial charge on any atom is -0.347 e. The average molecular weight is 336 g/mol. The van der Waals surface area contributed by atoms with Gasteiger partial charge in [-0.25, -0.2) is 9.97 Å². The summed E-state index contributed by atoms with van der Waals surface area (Å²) in [6, 6.07) is 11.8. The van der Waals surface area contributed by atoms with Gasteiger partial charge in [0.25, 0.3) is 0 Å². The molecule has 0 aliphatic heterocycles. The van der Waals surface area contributed by atoms with Gasteiger partial charge < -0.3 is 9.55 Å². The van der Waals surface area contributed by atoms with E-state index in [0.717, 1.165) is 32.8 Å². The molecule has 0 unspecified atom stereocenters. The molecule has 0 atom stereocenters. The van der Waals surface area contributed by atoms with Crippen LogP contribution in [-0.4, -0.2) is 31.1 Å². The van der Waals surface area contributed by atoms with E-state index >= 15 is 0 Å². The lowest BCUT2D eigenvalue weighted by Gasteiger charge is -2.01. The lowest BCUT2D eigenvalue weighted by atomic mass is 10.1. The Balaban J connectivity index is 1.62. The monoisotopic (exact) mass is 336 g/mol. The molecule has 0 fully saturated rings. The number of hydrogen-bond acceptors (Lipinski definition) is 4. The topological polar surface area (TPSA) is 63.6 Å². The van der Waals surface area contributed by atoms with Crippen molar-refractivity contribution < 1.29 is 4.79 Å². The van der Waals surface area contributed by atoms with Gasteiger partial charge in [0, 0.05) is 35.4 Å². The molecule has 1 aromatic carbocycles. The molecule has 3 heterocycles. The van der Waals surface area contributed by atoms with Crippen molar-refractivity contribution in [3.63, 3.8) is 0 Å². The number of hydrogen-bond donors (Lipinski definition) is 1. The fourth-order valence-electron chi connectivity index (χ4n) is 2.97. The first-order chi connectivity index (χ1) is 11.6. The summed E-state index contributed by atoms with van der Waals surface area (Å²) < 4.78 is 2.07. The Hall–Kier alpha value is -2.60. The van der Waals surface area contributed by atoms with Crippen LogP contribution >= 0.6 is 11.8 Å². The third-order valence-corrected chi connectivity index (χ3v) is 5.13. The van der Waals surface area contributed by atoms with Crippen molar-refractivity contribution in [1.29, 1.82) is 0 Å². The minimum absolute atomic E-state index is 0.114. The fraction of sp³-hybridized carbons (Fsp3) is 0.167. The highest BCUT2D eigenvalue weighted by Gasteiger charge is 2.18. The molecular weight excluding hydrogens is 320 g/mol. The molecule has 0 amide bonds. The number of fused-ring (bicyclic) bond motifs is 2. The van der Waals surface area contributed by atoms with Crippen LogP contribution in [0.15, 0.2) is 47.8 Å². The molecule has 6 heteroatoms. The standard InChI is InChI=1S/C18H16N4OS/c1-11-16(12-6-3-4-8-14(12)22(11)2)15(23)10-24-18-20-13-7-5-9-19-17(13)21-18/h3-9H,10H2,1-2H3,(H,19,20,21). The quantitative estimate of drug-likeness (QED) is 0.455. The van der Waals surface area contributed by atoms with E-state index in [1.165, 1.54) is 11.8 Å². The Morgan fingerprint density at radius 1 is 1.25 bits per heavy atom. The zero-order valence-electron chi connectivity index (χ0n) is 13.4. The van der Waals surface area contributed by atoms with Crippen molar-refractivity contribution in [3.05, 3.63) is 53.9 Å². The summed E-state index contributed by atoms with van der Waals surface area (Å²) in [4.78, 5) is 24.6. The van der Waals surface area contributed by atoms with Crippen LogP contribution < -0.4 is 0 Å². The molecule has 120 valence electrons. The van der Waals surface area contributed by atoms with Crippen LogP contribution in [0.2, 0.25) is 0 Å². The fourth-order valence-corrected chi connectivity index (χ4v) is 3.72. The second-order valence-electron chi connectivity index (χ2n) is 5.66. The Morgan fingerprint density at radius 3 is 2.92 bits per heavy atom. The van der Waals surface area contributed by atoms with Crippen LogP contribution in [0.3, 0.4) is 0 Å².